The van der Waals surface area contributed by atoms with E-state index in [9.17, 15) is 4.79 Å². The largest absolute Gasteiger partial charge is 0.470 e. The Bertz CT molecular complexity index is 676. The van der Waals surface area contributed by atoms with Crippen LogP contribution in [0.15, 0.2) is 34.9 Å². The molecule has 0 unspecified atom stereocenters. The molecule has 0 aliphatic heterocycles. The number of nitrogens with zero attached hydrogens (tertiary/aromatic N) is 2. The minimum atomic E-state index is -0.155. The van der Waals surface area contributed by atoms with Crippen molar-refractivity contribution in [3.63, 3.8) is 0 Å². The molecule has 0 saturated carbocycles. The molecule has 0 radical (unpaired) electrons. The lowest BCUT2D eigenvalue weighted by Gasteiger charge is -2.08. The summed E-state index contributed by atoms with van der Waals surface area (Å²) in [5, 5.41) is 7.74. The van der Waals surface area contributed by atoms with Gasteiger partial charge in [-0.25, -0.2) is 4.68 Å². The van der Waals surface area contributed by atoms with Crippen LogP contribution in [0.3, 0.4) is 0 Å². The Kier molecular flexibility index (Phi) is 7.59. The third kappa shape index (κ3) is 5.83. The van der Waals surface area contributed by atoms with Crippen LogP contribution in [-0.2, 0) is 6.73 Å². The van der Waals surface area contributed by atoms with E-state index in [0.29, 0.717) is 23.0 Å². The first-order chi connectivity index (χ1) is 11.6. The normalized spacial score (nSPS) is 10.6. The van der Waals surface area contributed by atoms with Gasteiger partial charge in [0.05, 0.1) is 4.47 Å². The molecular formula is C17H21BrClN3O2. The van der Waals surface area contributed by atoms with Crippen LogP contribution in [-0.4, -0.2) is 22.2 Å². The molecule has 0 fully saturated rings. The second-order valence-corrected chi connectivity index (χ2v) is 6.70. The monoisotopic (exact) mass is 413 g/mol. The van der Waals surface area contributed by atoms with Crippen molar-refractivity contribution < 1.29 is 9.53 Å². The zero-order valence-electron chi connectivity index (χ0n) is 13.6. The number of carbonyl (C=O) groups excluding carboxylic acids is 1. The Labute approximate surface area is 155 Å². The number of hydrogen-bond donors (Lipinski definition) is 1. The fraction of sp³-hybridized carbons (Fsp3) is 0.412. The van der Waals surface area contributed by atoms with Crippen LogP contribution in [0, 0.1) is 0 Å². The maximum atomic E-state index is 12.0. The van der Waals surface area contributed by atoms with E-state index in [2.05, 4.69) is 33.3 Å². The smallest absolute Gasteiger partial charge is 0.271 e. The van der Waals surface area contributed by atoms with Crippen molar-refractivity contribution in [2.24, 2.45) is 0 Å². The first-order valence-corrected chi connectivity index (χ1v) is 9.16. The van der Waals surface area contributed by atoms with Gasteiger partial charge in [0.25, 0.3) is 5.91 Å². The van der Waals surface area contributed by atoms with Crippen molar-refractivity contribution in [3.05, 3.63) is 45.7 Å². The highest BCUT2D eigenvalue weighted by atomic mass is 79.9. The summed E-state index contributed by atoms with van der Waals surface area (Å²) in [4.78, 5) is 12.0. The number of ether oxygens (including phenoxy) is 1. The Hall–Kier alpha value is -1.53. The summed E-state index contributed by atoms with van der Waals surface area (Å²) in [6, 6.07) is 6.97. The van der Waals surface area contributed by atoms with E-state index in [1.807, 2.05) is 0 Å². The molecule has 24 heavy (non-hydrogen) atoms. The van der Waals surface area contributed by atoms with Gasteiger partial charge < -0.3 is 10.1 Å². The van der Waals surface area contributed by atoms with E-state index in [1.165, 1.54) is 12.8 Å². The number of unbranched alkanes of at least 4 members (excludes halogenated alkanes) is 3. The first-order valence-electron chi connectivity index (χ1n) is 7.99. The summed E-state index contributed by atoms with van der Waals surface area (Å²) in [5.41, 5.74) is 0.393. The van der Waals surface area contributed by atoms with Crippen LogP contribution in [0.2, 0.25) is 5.02 Å². The second-order valence-electron chi connectivity index (χ2n) is 5.41. The predicted molar refractivity (Wildman–Crippen MR) is 98.5 cm³/mol. The number of aromatic nitrogens is 2. The van der Waals surface area contributed by atoms with Crippen LogP contribution >= 0.6 is 27.5 Å². The zero-order chi connectivity index (χ0) is 17.4. The van der Waals surface area contributed by atoms with Crippen molar-refractivity contribution in [3.8, 4) is 5.75 Å². The second kappa shape index (κ2) is 9.69. The number of carbonyl (C=O) groups is 1. The minimum absolute atomic E-state index is 0.155. The van der Waals surface area contributed by atoms with Crippen molar-refractivity contribution >= 4 is 33.4 Å². The van der Waals surface area contributed by atoms with E-state index in [0.717, 1.165) is 17.3 Å². The van der Waals surface area contributed by atoms with Crippen molar-refractivity contribution in [1.82, 2.24) is 15.1 Å². The first kappa shape index (κ1) is 18.8. The number of halogens is 2. The van der Waals surface area contributed by atoms with E-state index in [4.69, 9.17) is 16.3 Å². The molecule has 0 spiro atoms. The average Bonchev–Trinajstić information content (AvgIpc) is 3.03. The van der Waals surface area contributed by atoms with Gasteiger partial charge >= 0.3 is 0 Å². The SMILES string of the molecule is CCCCCCNC(=O)c1ccn(COc2ccc(Cl)cc2Br)n1. The van der Waals surface area contributed by atoms with Gasteiger partial charge in [0, 0.05) is 17.8 Å². The minimum Gasteiger partial charge on any atom is -0.470 e. The number of nitrogens with one attached hydrogen (secondary N) is 1. The Balaban J connectivity index is 1.81. The zero-order valence-corrected chi connectivity index (χ0v) is 15.9. The molecule has 1 amide bonds. The molecule has 1 aromatic carbocycles. The quantitative estimate of drug-likeness (QED) is 0.608. The Morgan fingerprint density at radius 1 is 1.33 bits per heavy atom. The standard InChI is InChI=1S/C17H21BrClN3O2/c1-2-3-4-5-9-20-17(23)15-8-10-22(21-15)12-24-16-7-6-13(19)11-14(16)18/h6-8,10-11H,2-5,9,12H2,1H3,(H,20,23). The molecule has 2 aromatic rings. The fourth-order valence-corrected chi connectivity index (χ4v) is 2.92. The fourth-order valence-electron chi connectivity index (χ4n) is 2.13. The van der Waals surface area contributed by atoms with Crippen LogP contribution < -0.4 is 10.1 Å². The summed E-state index contributed by atoms with van der Waals surface area (Å²) in [7, 11) is 0. The third-order valence-electron chi connectivity index (χ3n) is 3.44. The lowest BCUT2D eigenvalue weighted by molar-refractivity contribution is 0.0946. The molecule has 130 valence electrons. The lowest BCUT2D eigenvalue weighted by Crippen LogP contribution is -2.25. The average molecular weight is 415 g/mol. The summed E-state index contributed by atoms with van der Waals surface area (Å²) in [5.74, 6) is 0.509. The Morgan fingerprint density at radius 3 is 2.92 bits per heavy atom. The molecule has 0 aliphatic carbocycles. The molecule has 7 heteroatoms. The van der Waals surface area contributed by atoms with Gasteiger partial charge in [-0.2, -0.15) is 5.10 Å². The summed E-state index contributed by atoms with van der Waals surface area (Å²) in [6.45, 7) is 3.06. The maximum Gasteiger partial charge on any atom is 0.271 e. The molecule has 5 nitrogen and oxygen atoms in total. The number of amides is 1. The molecule has 1 N–H and O–H groups in total. The van der Waals surface area contributed by atoms with E-state index in [-0.39, 0.29) is 12.6 Å². The predicted octanol–water partition coefficient (Wildman–Crippen LogP) is 4.65. The molecule has 1 heterocycles. The van der Waals surface area contributed by atoms with Gasteiger partial charge in [0.2, 0.25) is 0 Å². The molecule has 0 aliphatic rings. The maximum absolute atomic E-state index is 12.0. The van der Waals surface area contributed by atoms with E-state index >= 15 is 0 Å². The van der Waals surface area contributed by atoms with Gasteiger partial charge in [-0.05, 0) is 46.6 Å². The summed E-state index contributed by atoms with van der Waals surface area (Å²) < 4.78 is 8.01. The molecule has 2 rings (SSSR count). The molecule has 0 bridgehead atoms. The van der Waals surface area contributed by atoms with Crippen molar-refractivity contribution in [2.45, 2.75) is 39.3 Å². The number of benzene rings is 1. The van der Waals surface area contributed by atoms with Gasteiger partial charge in [-0.1, -0.05) is 37.8 Å². The summed E-state index contributed by atoms with van der Waals surface area (Å²) >= 11 is 9.29. The van der Waals surface area contributed by atoms with Gasteiger partial charge in [0.15, 0.2) is 6.73 Å². The molecule has 0 atom stereocenters. The summed E-state index contributed by atoms with van der Waals surface area (Å²) in [6.07, 6.45) is 6.23. The van der Waals surface area contributed by atoms with E-state index in [1.54, 1.807) is 35.1 Å². The highest BCUT2D eigenvalue weighted by molar-refractivity contribution is 9.10. The highest BCUT2D eigenvalue weighted by Gasteiger charge is 2.09. The topological polar surface area (TPSA) is 56.2 Å². The molecular weight excluding hydrogens is 394 g/mol. The van der Waals surface area contributed by atoms with Crippen LogP contribution in [0.5, 0.6) is 5.75 Å². The third-order valence-corrected chi connectivity index (χ3v) is 4.29. The van der Waals surface area contributed by atoms with Crippen LogP contribution in [0.4, 0.5) is 0 Å². The lowest BCUT2D eigenvalue weighted by atomic mass is 10.2. The van der Waals surface area contributed by atoms with Crippen molar-refractivity contribution in [1.29, 1.82) is 0 Å². The molecule has 1 aromatic heterocycles. The van der Waals surface area contributed by atoms with Gasteiger partial charge in [-0.15, -0.1) is 0 Å². The van der Waals surface area contributed by atoms with Gasteiger partial charge in [0.1, 0.15) is 11.4 Å². The van der Waals surface area contributed by atoms with Gasteiger partial charge in [-0.3, -0.25) is 4.79 Å². The van der Waals surface area contributed by atoms with Crippen LogP contribution in [0.1, 0.15) is 43.1 Å². The van der Waals surface area contributed by atoms with E-state index < -0.39 is 0 Å². The molecule has 0 saturated heterocycles. The van der Waals surface area contributed by atoms with Crippen molar-refractivity contribution in [2.75, 3.05) is 6.54 Å². The number of hydrogen-bond acceptors (Lipinski definition) is 3. The Morgan fingerprint density at radius 2 is 2.17 bits per heavy atom. The highest BCUT2D eigenvalue weighted by Crippen LogP contribution is 2.28. The van der Waals surface area contributed by atoms with Crippen LogP contribution in [0.25, 0.3) is 0 Å². The number of rotatable bonds is 9.